The number of nitro groups is 1. The van der Waals surface area contributed by atoms with Crippen molar-refractivity contribution in [3.8, 4) is 0 Å². The number of non-ortho nitro benzene ring substituents is 1. The lowest BCUT2D eigenvalue weighted by Crippen LogP contribution is -2.29. The Morgan fingerprint density at radius 2 is 1.86 bits per heavy atom. The molecule has 1 atom stereocenters. The lowest BCUT2D eigenvalue weighted by atomic mass is 9.91. The Balaban J connectivity index is 1.25. The van der Waals surface area contributed by atoms with E-state index in [0.29, 0.717) is 18.5 Å². The molecule has 0 radical (unpaired) electrons. The molecular weight excluding hydrogens is 460 g/mol. The first-order valence-electron chi connectivity index (χ1n) is 11.7. The molecule has 5 rings (SSSR count). The van der Waals surface area contributed by atoms with E-state index < -0.39 is 10.7 Å². The van der Waals surface area contributed by atoms with Gasteiger partial charge >= 0.3 is 5.76 Å². The lowest BCUT2D eigenvalue weighted by molar-refractivity contribution is -0.384. The molecule has 0 saturated heterocycles. The third-order valence-electron chi connectivity index (χ3n) is 6.35. The van der Waals surface area contributed by atoms with Gasteiger partial charge in [-0.3, -0.25) is 19.5 Å². The Bertz CT molecular complexity index is 1600. The van der Waals surface area contributed by atoms with E-state index >= 15 is 0 Å². The van der Waals surface area contributed by atoms with Crippen LogP contribution in [0, 0.1) is 10.1 Å². The fourth-order valence-corrected chi connectivity index (χ4v) is 4.56. The first kappa shape index (κ1) is 23.1. The largest absolute Gasteiger partial charge is 0.419 e. The van der Waals surface area contributed by atoms with Gasteiger partial charge in [-0.15, -0.1) is 0 Å². The van der Waals surface area contributed by atoms with E-state index in [2.05, 4.69) is 28.5 Å². The SMILES string of the molecule is O=C(CCCn1c(=O)oc2cc([N+](=O)[O-])ccc21)NCC(c1ccccc1)c1c[nH]c2ccccc12. The fourth-order valence-electron chi connectivity index (χ4n) is 4.56. The number of hydrogen-bond acceptors (Lipinski definition) is 5. The second-order valence-corrected chi connectivity index (χ2v) is 8.59. The van der Waals surface area contributed by atoms with E-state index in [1.54, 1.807) is 0 Å². The van der Waals surface area contributed by atoms with Crippen molar-refractivity contribution >= 4 is 33.6 Å². The van der Waals surface area contributed by atoms with Crippen LogP contribution < -0.4 is 11.1 Å². The number of nitrogens with zero attached hydrogens (tertiary/aromatic N) is 2. The van der Waals surface area contributed by atoms with Crippen molar-refractivity contribution in [3.63, 3.8) is 0 Å². The highest BCUT2D eigenvalue weighted by Crippen LogP contribution is 2.30. The molecule has 0 saturated carbocycles. The molecule has 36 heavy (non-hydrogen) atoms. The summed E-state index contributed by atoms with van der Waals surface area (Å²) in [4.78, 5) is 38.7. The molecule has 2 heterocycles. The number of hydrogen-bond donors (Lipinski definition) is 2. The van der Waals surface area contributed by atoms with Crippen molar-refractivity contribution in [2.75, 3.05) is 6.54 Å². The van der Waals surface area contributed by atoms with Crippen molar-refractivity contribution in [2.24, 2.45) is 0 Å². The number of aromatic amines is 1. The number of para-hydroxylation sites is 1. The van der Waals surface area contributed by atoms with Crippen LogP contribution in [0.25, 0.3) is 22.0 Å². The van der Waals surface area contributed by atoms with Gasteiger partial charge in [-0.05, 0) is 29.7 Å². The third kappa shape index (κ3) is 4.63. The zero-order valence-corrected chi connectivity index (χ0v) is 19.3. The van der Waals surface area contributed by atoms with Crippen LogP contribution in [0.1, 0.15) is 29.9 Å². The average molecular weight is 485 g/mol. The number of oxazole rings is 1. The normalized spacial score (nSPS) is 12.1. The molecular formula is C27H24N4O5. The summed E-state index contributed by atoms with van der Waals surface area (Å²) in [6.07, 6.45) is 2.64. The maximum atomic E-state index is 12.7. The fraction of sp³-hybridized carbons (Fsp3) is 0.185. The molecule has 0 aliphatic heterocycles. The van der Waals surface area contributed by atoms with Gasteiger partial charge in [-0.25, -0.2) is 4.79 Å². The number of benzene rings is 3. The number of carbonyl (C=O) groups is 1. The van der Waals surface area contributed by atoms with Crippen molar-refractivity contribution in [1.82, 2.24) is 14.9 Å². The average Bonchev–Trinajstić information content (AvgIpc) is 3.45. The summed E-state index contributed by atoms with van der Waals surface area (Å²) in [6, 6.07) is 22.2. The van der Waals surface area contributed by atoms with Crippen LogP contribution in [0.3, 0.4) is 0 Å². The molecule has 3 aromatic carbocycles. The minimum atomic E-state index is -0.602. The highest BCUT2D eigenvalue weighted by Gasteiger charge is 2.19. The van der Waals surface area contributed by atoms with Gasteiger partial charge < -0.3 is 14.7 Å². The van der Waals surface area contributed by atoms with Gasteiger partial charge in [0.15, 0.2) is 5.58 Å². The highest BCUT2D eigenvalue weighted by molar-refractivity contribution is 5.84. The molecule has 0 fully saturated rings. The minimum Gasteiger partial charge on any atom is -0.407 e. The molecule has 2 aromatic heterocycles. The molecule has 1 unspecified atom stereocenters. The van der Waals surface area contributed by atoms with E-state index in [1.807, 2.05) is 42.6 Å². The Morgan fingerprint density at radius 1 is 1.08 bits per heavy atom. The number of rotatable bonds is 9. The number of carbonyl (C=O) groups excluding carboxylic acids is 1. The molecule has 0 aliphatic carbocycles. The molecule has 5 aromatic rings. The molecule has 182 valence electrons. The van der Waals surface area contributed by atoms with Gasteiger partial charge in [0.25, 0.3) is 5.69 Å². The first-order chi connectivity index (χ1) is 17.5. The summed E-state index contributed by atoms with van der Waals surface area (Å²) in [5.41, 5.74) is 3.74. The summed E-state index contributed by atoms with van der Waals surface area (Å²) in [7, 11) is 0. The molecule has 0 bridgehead atoms. The lowest BCUT2D eigenvalue weighted by Gasteiger charge is -2.18. The minimum absolute atomic E-state index is 0.0254. The summed E-state index contributed by atoms with van der Waals surface area (Å²) < 4.78 is 6.55. The molecule has 0 spiro atoms. The number of aromatic nitrogens is 2. The van der Waals surface area contributed by atoms with Gasteiger partial charge in [0, 0.05) is 48.6 Å². The number of nitro benzene ring substituents is 1. The Morgan fingerprint density at radius 3 is 2.67 bits per heavy atom. The number of nitrogens with one attached hydrogen (secondary N) is 2. The maximum Gasteiger partial charge on any atom is 0.419 e. The van der Waals surface area contributed by atoms with E-state index in [9.17, 15) is 19.7 Å². The maximum absolute atomic E-state index is 12.7. The van der Waals surface area contributed by atoms with Crippen LogP contribution in [-0.4, -0.2) is 26.9 Å². The van der Waals surface area contributed by atoms with Gasteiger partial charge in [0.05, 0.1) is 16.5 Å². The first-order valence-corrected chi connectivity index (χ1v) is 11.7. The quantitative estimate of drug-likeness (QED) is 0.232. The van der Waals surface area contributed by atoms with E-state index in [0.717, 1.165) is 22.0 Å². The molecule has 0 aliphatic rings. The third-order valence-corrected chi connectivity index (χ3v) is 6.35. The van der Waals surface area contributed by atoms with Crippen LogP contribution in [0.15, 0.2) is 88.2 Å². The predicted molar refractivity (Wildman–Crippen MR) is 136 cm³/mol. The Hall–Kier alpha value is -4.66. The van der Waals surface area contributed by atoms with Crippen LogP contribution in [0.5, 0.6) is 0 Å². The van der Waals surface area contributed by atoms with Crippen LogP contribution in [0.2, 0.25) is 0 Å². The van der Waals surface area contributed by atoms with Gasteiger partial charge in [0.2, 0.25) is 5.91 Å². The summed E-state index contributed by atoms with van der Waals surface area (Å²) in [6.45, 7) is 0.699. The Kier molecular flexibility index (Phi) is 6.36. The second kappa shape index (κ2) is 9.91. The predicted octanol–water partition coefficient (Wildman–Crippen LogP) is 4.71. The summed E-state index contributed by atoms with van der Waals surface area (Å²) >= 11 is 0. The monoisotopic (exact) mass is 484 g/mol. The molecule has 9 nitrogen and oxygen atoms in total. The summed E-state index contributed by atoms with van der Waals surface area (Å²) in [5, 5.41) is 15.1. The van der Waals surface area contributed by atoms with Crippen LogP contribution in [0.4, 0.5) is 5.69 Å². The Labute approximate surface area is 205 Å². The number of fused-ring (bicyclic) bond motifs is 2. The van der Waals surface area contributed by atoms with Gasteiger partial charge in [-0.1, -0.05) is 48.5 Å². The zero-order chi connectivity index (χ0) is 25.1. The van der Waals surface area contributed by atoms with Crippen molar-refractivity contribution in [2.45, 2.75) is 25.3 Å². The molecule has 2 N–H and O–H groups in total. The van der Waals surface area contributed by atoms with Gasteiger partial charge in [-0.2, -0.15) is 0 Å². The molecule has 1 amide bonds. The van der Waals surface area contributed by atoms with Crippen LogP contribution >= 0.6 is 0 Å². The van der Waals surface area contributed by atoms with Crippen molar-refractivity contribution in [1.29, 1.82) is 0 Å². The van der Waals surface area contributed by atoms with Crippen molar-refractivity contribution in [3.05, 3.63) is 111 Å². The molecule has 9 heteroatoms. The van der Waals surface area contributed by atoms with E-state index in [4.69, 9.17) is 4.42 Å². The topological polar surface area (TPSA) is 123 Å². The number of amides is 1. The second-order valence-electron chi connectivity index (χ2n) is 8.59. The zero-order valence-electron chi connectivity index (χ0n) is 19.3. The van der Waals surface area contributed by atoms with E-state index in [-0.39, 0.29) is 36.1 Å². The van der Waals surface area contributed by atoms with E-state index in [1.165, 1.54) is 22.8 Å². The summed E-state index contributed by atoms with van der Waals surface area (Å²) in [5.74, 6) is -0.746. The smallest absolute Gasteiger partial charge is 0.407 e. The van der Waals surface area contributed by atoms with Gasteiger partial charge in [0.1, 0.15) is 0 Å². The van der Waals surface area contributed by atoms with Crippen molar-refractivity contribution < 1.29 is 14.1 Å². The highest BCUT2D eigenvalue weighted by atomic mass is 16.6. The number of aryl methyl sites for hydroxylation is 1. The number of H-pyrrole nitrogens is 1. The standard InChI is InChI=1S/C27H24N4O5/c32-26(11-6-14-30-24-13-12-19(31(34)35)15-25(24)36-27(30)33)29-16-21(18-7-2-1-3-8-18)22-17-28-23-10-5-4-9-20(22)23/h1-5,7-10,12-13,15,17,21,28H,6,11,14,16H2,(H,29,32). The van der Waals surface area contributed by atoms with Crippen LogP contribution in [-0.2, 0) is 11.3 Å².